The van der Waals surface area contributed by atoms with Crippen molar-refractivity contribution in [2.45, 2.75) is 0 Å². The highest BCUT2D eigenvalue weighted by atomic mass is 79.9. The Morgan fingerprint density at radius 1 is 1.33 bits per heavy atom. The molecule has 0 amide bonds. The molecule has 0 unspecified atom stereocenters. The molecule has 0 aliphatic heterocycles. The minimum Gasteiger partial charge on any atom is -0.235 e. The maximum Gasteiger partial charge on any atom is 0.222 e. The number of nitrogens with zero attached hydrogens (tertiary/aromatic N) is 1. The van der Waals surface area contributed by atoms with Crippen LogP contribution in [0.15, 0.2) is 33.4 Å². The topological polar surface area (TPSA) is 4.36 Å². The second-order valence-corrected chi connectivity index (χ2v) is 5.12. The molecule has 1 nitrogen and oxygen atoms in total. The lowest BCUT2D eigenvalue weighted by Gasteiger charge is -2.00. The van der Waals surface area contributed by atoms with Crippen molar-refractivity contribution in [3.63, 3.8) is 0 Å². The second-order valence-electron chi connectivity index (χ2n) is 2.89. The van der Waals surface area contributed by atoms with Crippen molar-refractivity contribution in [1.29, 1.82) is 0 Å². The van der Waals surface area contributed by atoms with E-state index < -0.39 is 5.82 Å². The Labute approximate surface area is 99.1 Å². The average Bonchev–Trinajstić information content (AvgIpc) is 2.64. The number of halogens is 2. The van der Waals surface area contributed by atoms with Crippen LogP contribution in [0.2, 0.25) is 0 Å². The lowest BCUT2D eigenvalue weighted by atomic mass is 10.1. The monoisotopic (exact) mass is 281 g/mol. The van der Waals surface area contributed by atoms with Gasteiger partial charge in [-0.25, -0.2) is 9.24 Å². The van der Waals surface area contributed by atoms with Gasteiger partial charge in [0.2, 0.25) is 5.69 Å². The van der Waals surface area contributed by atoms with Gasteiger partial charge in [-0.1, -0.05) is 12.1 Å². The van der Waals surface area contributed by atoms with Gasteiger partial charge < -0.3 is 0 Å². The molecule has 0 bridgehead atoms. The van der Waals surface area contributed by atoms with E-state index >= 15 is 0 Å². The summed E-state index contributed by atoms with van der Waals surface area (Å²) < 4.78 is 14.3. The summed E-state index contributed by atoms with van der Waals surface area (Å²) in [5.41, 5.74) is 1.80. The molecule has 0 aliphatic carbocycles. The Kier molecular flexibility index (Phi) is 2.85. The van der Waals surface area contributed by atoms with E-state index in [9.17, 15) is 4.39 Å². The maximum absolute atomic E-state index is 13.3. The maximum atomic E-state index is 13.3. The lowest BCUT2D eigenvalue weighted by Crippen LogP contribution is -1.78. The van der Waals surface area contributed by atoms with Crippen LogP contribution in [0.5, 0.6) is 0 Å². The number of rotatable bonds is 1. The zero-order valence-electron chi connectivity index (χ0n) is 7.50. The van der Waals surface area contributed by atoms with Crippen LogP contribution in [-0.2, 0) is 0 Å². The molecule has 0 radical (unpaired) electrons. The van der Waals surface area contributed by atoms with Crippen LogP contribution < -0.4 is 0 Å². The summed E-state index contributed by atoms with van der Waals surface area (Å²) in [6.45, 7) is 6.75. The first-order valence-corrected chi connectivity index (χ1v) is 5.80. The van der Waals surface area contributed by atoms with Crippen LogP contribution in [-0.4, -0.2) is 0 Å². The quantitative estimate of drug-likeness (QED) is 0.657. The zero-order valence-corrected chi connectivity index (χ0v) is 9.90. The molecule has 2 aromatic rings. The lowest BCUT2D eigenvalue weighted by molar-refractivity contribution is 0.634. The molecule has 0 saturated heterocycles. The van der Waals surface area contributed by atoms with Crippen molar-refractivity contribution in [3.05, 3.63) is 50.7 Å². The van der Waals surface area contributed by atoms with E-state index in [1.807, 2.05) is 11.4 Å². The zero-order chi connectivity index (χ0) is 10.8. The first kappa shape index (κ1) is 10.3. The van der Waals surface area contributed by atoms with Crippen LogP contribution in [0, 0.1) is 12.4 Å². The van der Waals surface area contributed by atoms with Gasteiger partial charge >= 0.3 is 0 Å². The fourth-order valence-electron chi connectivity index (χ4n) is 1.27. The van der Waals surface area contributed by atoms with Crippen molar-refractivity contribution >= 4 is 33.0 Å². The molecule has 1 aromatic heterocycles. The third-order valence-corrected chi connectivity index (χ3v) is 3.68. The smallest absolute Gasteiger partial charge is 0.222 e. The van der Waals surface area contributed by atoms with E-state index in [1.165, 1.54) is 12.1 Å². The minimum absolute atomic E-state index is 0.0603. The summed E-state index contributed by atoms with van der Waals surface area (Å²) in [6, 6.07) is 6.56. The number of benzene rings is 1. The number of thiophene rings is 1. The van der Waals surface area contributed by atoms with Gasteiger partial charge in [0.15, 0.2) is 0 Å². The summed E-state index contributed by atoms with van der Waals surface area (Å²) in [6.07, 6.45) is 0. The average molecular weight is 282 g/mol. The molecule has 0 N–H and O–H groups in total. The van der Waals surface area contributed by atoms with Crippen LogP contribution in [0.1, 0.15) is 0 Å². The van der Waals surface area contributed by atoms with E-state index in [4.69, 9.17) is 6.57 Å². The highest BCUT2D eigenvalue weighted by molar-refractivity contribution is 9.11. The first-order chi connectivity index (χ1) is 7.22. The predicted molar refractivity (Wildman–Crippen MR) is 63.7 cm³/mol. The fraction of sp³-hybridized carbons (Fsp3) is 0. The predicted octanol–water partition coefficient (Wildman–Crippen LogP) is 4.87. The molecule has 0 atom stereocenters. The van der Waals surface area contributed by atoms with Crippen LogP contribution in [0.4, 0.5) is 10.1 Å². The molecule has 4 heteroatoms. The van der Waals surface area contributed by atoms with E-state index in [2.05, 4.69) is 20.8 Å². The molecule has 2 rings (SSSR count). The normalized spacial score (nSPS) is 9.93. The highest BCUT2D eigenvalue weighted by Gasteiger charge is 2.07. The first-order valence-electron chi connectivity index (χ1n) is 4.13. The standard InChI is InChI=1S/C11H5BrFNS/c1-14-10-3-2-7(6-9(10)13)8-4-5-15-11(8)12/h2-6H. The molecular weight excluding hydrogens is 277 g/mol. The molecule has 74 valence electrons. The Morgan fingerprint density at radius 2 is 2.13 bits per heavy atom. The third-order valence-electron chi connectivity index (χ3n) is 2.00. The fourth-order valence-corrected chi connectivity index (χ4v) is 2.59. The largest absolute Gasteiger partial charge is 0.235 e. The van der Waals surface area contributed by atoms with Gasteiger partial charge in [0, 0.05) is 5.56 Å². The summed E-state index contributed by atoms with van der Waals surface area (Å²) >= 11 is 4.95. The van der Waals surface area contributed by atoms with Crippen molar-refractivity contribution in [2.75, 3.05) is 0 Å². The van der Waals surface area contributed by atoms with Crippen molar-refractivity contribution in [3.8, 4) is 11.1 Å². The van der Waals surface area contributed by atoms with Crippen LogP contribution in [0.25, 0.3) is 16.0 Å². The molecule has 0 fully saturated rings. The van der Waals surface area contributed by atoms with Crippen molar-refractivity contribution < 1.29 is 4.39 Å². The van der Waals surface area contributed by atoms with Crippen molar-refractivity contribution in [2.24, 2.45) is 0 Å². The van der Waals surface area contributed by atoms with E-state index in [0.29, 0.717) is 0 Å². The summed E-state index contributed by atoms with van der Waals surface area (Å²) in [5.74, 6) is -0.472. The minimum atomic E-state index is -0.472. The van der Waals surface area contributed by atoms with Gasteiger partial charge in [0.1, 0.15) is 5.82 Å². The molecule has 15 heavy (non-hydrogen) atoms. The summed E-state index contributed by atoms with van der Waals surface area (Å²) in [7, 11) is 0. The van der Waals surface area contributed by atoms with Gasteiger partial charge in [0.05, 0.1) is 10.4 Å². The SMILES string of the molecule is [C-]#[N+]c1ccc(-c2ccsc2Br)cc1F. The second kappa shape index (κ2) is 4.13. The molecular formula is C11H5BrFNS. The Morgan fingerprint density at radius 3 is 2.67 bits per heavy atom. The molecule has 0 spiro atoms. The van der Waals surface area contributed by atoms with Crippen LogP contribution in [0.3, 0.4) is 0 Å². The molecule has 1 aromatic carbocycles. The molecule has 1 heterocycles. The van der Waals surface area contributed by atoms with E-state index in [0.717, 1.165) is 14.9 Å². The number of hydrogen-bond acceptors (Lipinski definition) is 1. The van der Waals surface area contributed by atoms with Gasteiger partial charge in [-0.15, -0.1) is 11.3 Å². The van der Waals surface area contributed by atoms with Gasteiger partial charge in [-0.2, -0.15) is 0 Å². The van der Waals surface area contributed by atoms with Crippen molar-refractivity contribution in [1.82, 2.24) is 0 Å². The highest BCUT2D eigenvalue weighted by Crippen LogP contribution is 2.34. The van der Waals surface area contributed by atoms with Gasteiger partial charge in [-0.05, 0) is 39.0 Å². The summed E-state index contributed by atoms with van der Waals surface area (Å²) in [5, 5.41) is 1.93. The van der Waals surface area contributed by atoms with E-state index in [-0.39, 0.29) is 5.69 Å². The van der Waals surface area contributed by atoms with Crippen LogP contribution >= 0.6 is 27.3 Å². The van der Waals surface area contributed by atoms with Gasteiger partial charge in [-0.3, -0.25) is 0 Å². The Balaban J connectivity index is 2.53. The van der Waals surface area contributed by atoms with Gasteiger partial charge in [0.25, 0.3) is 0 Å². The molecule has 0 aliphatic rings. The van der Waals surface area contributed by atoms with E-state index in [1.54, 1.807) is 17.4 Å². The summed E-state index contributed by atoms with van der Waals surface area (Å²) in [4.78, 5) is 3.08. The molecule has 0 saturated carbocycles. The third kappa shape index (κ3) is 1.94. The Hall–Kier alpha value is -1.18. The Bertz CT molecular complexity index is 542. The number of hydrogen-bond donors (Lipinski definition) is 0.